The number of allylic oxidation sites excluding steroid dienone is 4. The number of halogens is 1. The molecule has 0 aromatic carbocycles. The molecule has 9 heteroatoms. The zero-order chi connectivity index (χ0) is 23.0. The van der Waals surface area contributed by atoms with Crippen LogP contribution in [-0.2, 0) is 14.4 Å². The van der Waals surface area contributed by atoms with Gasteiger partial charge in [0.25, 0.3) is 5.09 Å². The van der Waals surface area contributed by atoms with Crippen LogP contribution in [0, 0.1) is 38.7 Å². The van der Waals surface area contributed by atoms with Gasteiger partial charge in [0.05, 0.1) is 0 Å². The van der Waals surface area contributed by atoms with Crippen molar-refractivity contribution in [2.24, 2.45) is 28.6 Å². The van der Waals surface area contributed by atoms with Crippen molar-refractivity contribution in [2.45, 2.75) is 63.8 Å². The minimum absolute atomic E-state index is 0.251. The average molecular weight is 437 g/mol. The Bertz CT molecular complexity index is 918. The summed E-state index contributed by atoms with van der Waals surface area (Å²) in [4.78, 5) is 40.9. The number of fused-ring (bicyclic) bond motifs is 5. The molecule has 4 rings (SSSR count). The minimum Gasteiger partial charge on any atom is -0.388 e. The Morgan fingerprint density at radius 2 is 2.06 bits per heavy atom. The lowest BCUT2D eigenvalue weighted by Gasteiger charge is -2.62. The molecule has 3 fully saturated rings. The molecule has 0 amide bonds. The lowest BCUT2D eigenvalue weighted by molar-refractivity contribution is -0.775. The van der Waals surface area contributed by atoms with E-state index >= 15 is 4.39 Å². The molecule has 0 spiro atoms. The molecule has 0 heterocycles. The number of hydrogen-bond donors (Lipinski definition) is 2. The van der Waals surface area contributed by atoms with E-state index in [1.165, 1.54) is 18.2 Å². The SMILES string of the molecule is C[C@@H]1C[C@H]2[C@@H]3CCC4=CC(=O)C=C[C@]4(C)[C@@]3(F)[C@@H](O[N+](=O)[O-])C[C@]2(C)[C@@]1(O)C(=O)CO. The van der Waals surface area contributed by atoms with Gasteiger partial charge in [0.2, 0.25) is 0 Å². The number of carbonyl (C=O) groups excluding carboxylic acids is 2. The fraction of sp³-hybridized carbons (Fsp3) is 0.727. The topological polar surface area (TPSA) is 127 Å². The second-order valence-electron chi connectivity index (χ2n) is 10.1. The molecule has 31 heavy (non-hydrogen) atoms. The lowest BCUT2D eigenvalue weighted by atomic mass is 9.44. The largest absolute Gasteiger partial charge is 0.388 e. The maximum atomic E-state index is 17.3. The Kier molecular flexibility index (Phi) is 4.76. The molecule has 0 radical (unpaired) electrons. The van der Waals surface area contributed by atoms with Gasteiger partial charge < -0.3 is 15.1 Å². The Balaban J connectivity index is 1.89. The molecule has 0 unspecified atom stereocenters. The molecular weight excluding hydrogens is 409 g/mol. The van der Waals surface area contributed by atoms with Crippen molar-refractivity contribution in [3.63, 3.8) is 0 Å². The molecule has 0 saturated heterocycles. The van der Waals surface area contributed by atoms with E-state index in [-0.39, 0.29) is 12.2 Å². The standard InChI is InChI=1S/C22H28FNO7/c1-12-8-16-15-5-4-13-9-14(26)6-7-19(13,2)21(15,23)18(31-24(29)30)10-20(16,3)22(12,28)17(27)11-25/h6-7,9,12,15-16,18,25,28H,4-5,8,10-11H2,1-3H3/t12-,15+,16+,18+,19+,20+,21+,22+/m1/s1. The zero-order valence-electron chi connectivity index (χ0n) is 17.8. The Labute approximate surface area is 179 Å². The Morgan fingerprint density at radius 1 is 1.39 bits per heavy atom. The third kappa shape index (κ3) is 2.53. The van der Waals surface area contributed by atoms with Crippen molar-refractivity contribution >= 4 is 11.6 Å². The first-order chi connectivity index (χ1) is 14.4. The monoisotopic (exact) mass is 437 g/mol. The highest BCUT2D eigenvalue weighted by molar-refractivity contribution is 6.01. The van der Waals surface area contributed by atoms with E-state index in [2.05, 4.69) is 0 Å². The van der Waals surface area contributed by atoms with Gasteiger partial charge in [-0.15, -0.1) is 10.1 Å². The minimum atomic E-state index is -2.21. The number of hydrogen-bond acceptors (Lipinski definition) is 7. The van der Waals surface area contributed by atoms with Crippen molar-refractivity contribution in [2.75, 3.05) is 6.61 Å². The van der Waals surface area contributed by atoms with Gasteiger partial charge in [0.15, 0.2) is 17.2 Å². The van der Waals surface area contributed by atoms with E-state index in [4.69, 9.17) is 4.84 Å². The third-order valence-electron chi connectivity index (χ3n) is 8.98. The molecule has 0 bridgehead atoms. The molecule has 170 valence electrons. The predicted molar refractivity (Wildman–Crippen MR) is 106 cm³/mol. The van der Waals surface area contributed by atoms with Gasteiger partial charge in [-0.2, -0.15) is 0 Å². The van der Waals surface area contributed by atoms with Crippen LogP contribution in [0.5, 0.6) is 0 Å². The fourth-order valence-corrected chi connectivity index (χ4v) is 7.44. The normalized spacial score (nSPS) is 48.3. The summed E-state index contributed by atoms with van der Waals surface area (Å²) >= 11 is 0. The maximum absolute atomic E-state index is 17.3. The first kappa shape index (κ1) is 22.1. The van der Waals surface area contributed by atoms with E-state index in [1.807, 2.05) is 0 Å². The van der Waals surface area contributed by atoms with Gasteiger partial charge in [-0.05, 0) is 56.6 Å². The van der Waals surface area contributed by atoms with Gasteiger partial charge in [0.1, 0.15) is 18.3 Å². The van der Waals surface area contributed by atoms with Crippen LogP contribution in [0.4, 0.5) is 4.39 Å². The lowest BCUT2D eigenvalue weighted by Crippen LogP contribution is -2.70. The number of aliphatic hydroxyl groups is 2. The van der Waals surface area contributed by atoms with Crippen LogP contribution in [0.1, 0.15) is 46.5 Å². The molecule has 4 aliphatic rings. The number of ketones is 2. The third-order valence-corrected chi connectivity index (χ3v) is 8.98. The predicted octanol–water partition coefficient (Wildman–Crippen LogP) is 2.11. The van der Waals surface area contributed by atoms with E-state index in [1.54, 1.807) is 20.8 Å². The zero-order valence-corrected chi connectivity index (χ0v) is 17.8. The highest BCUT2D eigenvalue weighted by atomic mass is 19.1. The smallest absolute Gasteiger partial charge is 0.294 e. The summed E-state index contributed by atoms with van der Waals surface area (Å²) in [5.41, 5.74) is -6.07. The molecule has 8 atom stereocenters. The summed E-state index contributed by atoms with van der Waals surface area (Å²) < 4.78 is 17.3. The number of nitrogens with zero attached hydrogens (tertiary/aromatic N) is 1. The van der Waals surface area contributed by atoms with E-state index in [0.29, 0.717) is 24.8 Å². The van der Waals surface area contributed by atoms with E-state index in [0.717, 1.165) is 0 Å². The van der Waals surface area contributed by atoms with Crippen LogP contribution in [0.25, 0.3) is 0 Å². The van der Waals surface area contributed by atoms with Crippen LogP contribution in [0.15, 0.2) is 23.8 Å². The van der Waals surface area contributed by atoms with Crippen LogP contribution < -0.4 is 0 Å². The fourth-order valence-electron chi connectivity index (χ4n) is 7.44. The van der Waals surface area contributed by atoms with Crippen LogP contribution >= 0.6 is 0 Å². The summed E-state index contributed by atoms with van der Waals surface area (Å²) in [7, 11) is 0. The summed E-state index contributed by atoms with van der Waals surface area (Å²) in [6, 6.07) is 0. The molecule has 2 N–H and O–H groups in total. The van der Waals surface area contributed by atoms with Gasteiger partial charge >= 0.3 is 0 Å². The molecular formula is C22H28FNO7. The molecule has 4 aliphatic carbocycles. The van der Waals surface area contributed by atoms with Crippen LogP contribution in [0.2, 0.25) is 0 Å². The van der Waals surface area contributed by atoms with Crippen molar-refractivity contribution < 1.29 is 34.1 Å². The van der Waals surface area contributed by atoms with E-state index < -0.39 is 63.4 Å². The highest BCUT2D eigenvalue weighted by Crippen LogP contribution is 2.71. The van der Waals surface area contributed by atoms with Crippen molar-refractivity contribution in [1.29, 1.82) is 0 Å². The number of carbonyl (C=O) groups is 2. The summed E-state index contributed by atoms with van der Waals surface area (Å²) in [5, 5.41) is 31.4. The molecule has 8 nitrogen and oxygen atoms in total. The number of alkyl halides is 1. The van der Waals surface area contributed by atoms with Gasteiger partial charge in [-0.1, -0.05) is 25.5 Å². The molecule has 0 aromatic rings. The van der Waals surface area contributed by atoms with Crippen molar-refractivity contribution in [1.82, 2.24) is 0 Å². The van der Waals surface area contributed by atoms with Gasteiger partial charge in [-0.25, -0.2) is 4.39 Å². The Hall–Kier alpha value is -2.13. The highest BCUT2D eigenvalue weighted by Gasteiger charge is 2.76. The second-order valence-corrected chi connectivity index (χ2v) is 10.1. The van der Waals surface area contributed by atoms with Crippen LogP contribution in [-0.4, -0.2) is 50.8 Å². The number of aliphatic hydroxyl groups excluding tert-OH is 1. The maximum Gasteiger partial charge on any atom is 0.294 e. The Morgan fingerprint density at radius 3 is 2.68 bits per heavy atom. The van der Waals surface area contributed by atoms with Gasteiger partial charge in [0, 0.05) is 16.7 Å². The van der Waals surface area contributed by atoms with E-state index in [9.17, 15) is 29.9 Å². The molecule has 0 aliphatic heterocycles. The summed E-state index contributed by atoms with van der Waals surface area (Å²) in [6.45, 7) is 4.11. The summed E-state index contributed by atoms with van der Waals surface area (Å²) in [6.07, 6.45) is 3.45. The summed E-state index contributed by atoms with van der Waals surface area (Å²) in [5.74, 6) is -2.77. The van der Waals surface area contributed by atoms with Crippen molar-refractivity contribution in [3.05, 3.63) is 33.9 Å². The van der Waals surface area contributed by atoms with Crippen molar-refractivity contribution in [3.8, 4) is 0 Å². The number of rotatable bonds is 4. The van der Waals surface area contributed by atoms with Crippen LogP contribution in [0.3, 0.4) is 0 Å². The average Bonchev–Trinajstić information content (AvgIpc) is 2.90. The first-order valence-electron chi connectivity index (χ1n) is 10.7. The second kappa shape index (κ2) is 6.68. The van der Waals surface area contributed by atoms with Gasteiger partial charge in [-0.3, -0.25) is 9.59 Å². The quantitative estimate of drug-likeness (QED) is 0.509. The first-order valence-corrected chi connectivity index (χ1v) is 10.7. The molecule has 3 saturated carbocycles. The number of Topliss-reactive ketones (excluding diaryl/α,β-unsaturated/α-hetero) is 1. The molecule has 0 aromatic heterocycles.